The monoisotopic (exact) mass is 333 g/mol. The van der Waals surface area contributed by atoms with E-state index < -0.39 is 6.04 Å². The number of anilines is 1. The summed E-state index contributed by atoms with van der Waals surface area (Å²) in [5, 5.41) is 9.66. The van der Waals surface area contributed by atoms with Gasteiger partial charge in [0.1, 0.15) is 11.5 Å². The lowest BCUT2D eigenvalue weighted by Crippen LogP contribution is -2.39. The van der Waals surface area contributed by atoms with Gasteiger partial charge in [0, 0.05) is 17.7 Å². The maximum atomic E-state index is 12.2. The molecule has 0 aliphatic heterocycles. The molecule has 130 valence electrons. The lowest BCUT2D eigenvalue weighted by Gasteiger charge is -2.21. The summed E-state index contributed by atoms with van der Waals surface area (Å²) in [6, 6.07) is 6.67. The Hall–Kier alpha value is -2.54. The van der Waals surface area contributed by atoms with Crippen LogP contribution in [0.2, 0.25) is 0 Å². The average Bonchev–Trinajstić information content (AvgIpc) is 2.98. The van der Waals surface area contributed by atoms with E-state index in [1.165, 1.54) is 0 Å². The van der Waals surface area contributed by atoms with E-state index in [4.69, 9.17) is 14.0 Å². The summed E-state index contributed by atoms with van der Waals surface area (Å²) in [5.74, 6) is 1.58. The Morgan fingerprint density at radius 3 is 2.54 bits per heavy atom. The Bertz CT molecular complexity index is 699. The number of aryl methyl sites for hydroxylation is 1. The third kappa shape index (κ3) is 4.26. The van der Waals surface area contributed by atoms with Crippen molar-refractivity contribution in [3.05, 3.63) is 35.5 Å². The highest BCUT2D eigenvalue weighted by Crippen LogP contribution is 2.29. The van der Waals surface area contributed by atoms with Crippen LogP contribution in [0.25, 0.3) is 0 Å². The average molecular weight is 333 g/mol. The van der Waals surface area contributed by atoms with Gasteiger partial charge in [0.2, 0.25) is 11.8 Å². The van der Waals surface area contributed by atoms with Crippen molar-refractivity contribution in [1.82, 2.24) is 10.5 Å². The van der Waals surface area contributed by atoms with E-state index in [0.29, 0.717) is 11.6 Å². The van der Waals surface area contributed by atoms with Crippen LogP contribution in [0, 0.1) is 6.92 Å². The molecule has 0 spiro atoms. The predicted octanol–water partition coefficient (Wildman–Crippen LogP) is 2.68. The van der Waals surface area contributed by atoms with E-state index in [9.17, 15) is 4.79 Å². The largest absolute Gasteiger partial charge is 0.497 e. The molecule has 2 atom stereocenters. The zero-order chi connectivity index (χ0) is 17.7. The Morgan fingerprint density at radius 1 is 1.21 bits per heavy atom. The van der Waals surface area contributed by atoms with Crippen molar-refractivity contribution < 1.29 is 18.8 Å². The van der Waals surface area contributed by atoms with Gasteiger partial charge in [-0.3, -0.25) is 15.4 Å². The number of aromatic nitrogens is 1. The van der Waals surface area contributed by atoms with E-state index >= 15 is 0 Å². The second kappa shape index (κ2) is 7.83. The van der Waals surface area contributed by atoms with Crippen molar-refractivity contribution in [2.75, 3.05) is 19.5 Å². The number of nitrogens with one attached hydrogen (secondary N) is 2. The van der Waals surface area contributed by atoms with Gasteiger partial charge in [-0.2, -0.15) is 0 Å². The summed E-state index contributed by atoms with van der Waals surface area (Å²) in [6.45, 7) is 5.53. The molecule has 0 radical (unpaired) electrons. The number of hydrogen-bond donors (Lipinski definition) is 2. The highest BCUT2D eigenvalue weighted by atomic mass is 16.5. The van der Waals surface area contributed by atoms with Crippen LogP contribution in [0.4, 0.5) is 5.88 Å². The maximum absolute atomic E-state index is 12.2. The second-order valence-corrected chi connectivity index (χ2v) is 5.54. The summed E-state index contributed by atoms with van der Waals surface area (Å²) < 4.78 is 15.6. The molecular formula is C17H23N3O4. The van der Waals surface area contributed by atoms with Crippen molar-refractivity contribution in [2.45, 2.75) is 32.9 Å². The van der Waals surface area contributed by atoms with Crippen LogP contribution in [0.3, 0.4) is 0 Å². The quantitative estimate of drug-likeness (QED) is 0.810. The Kier molecular flexibility index (Phi) is 5.81. The normalized spacial score (nSPS) is 13.2. The van der Waals surface area contributed by atoms with E-state index in [-0.39, 0.29) is 11.9 Å². The predicted molar refractivity (Wildman–Crippen MR) is 90.4 cm³/mol. The molecule has 2 rings (SSSR count). The summed E-state index contributed by atoms with van der Waals surface area (Å²) in [7, 11) is 3.22. The number of nitrogens with zero attached hydrogens (tertiary/aromatic N) is 1. The molecule has 0 saturated carbocycles. The first-order valence-electron chi connectivity index (χ1n) is 7.66. The van der Waals surface area contributed by atoms with Crippen molar-refractivity contribution in [3.63, 3.8) is 0 Å². The van der Waals surface area contributed by atoms with Crippen LogP contribution < -0.4 is 20.1 Å². The van der Waals surface area contributed by atoms with Gasteiger partial charge in [0.25, 0.3) is 0 Å². The molecule has 0 unspecified atom stereocenters. The molecule has 0 bridgehead atoms. The van der Waals surface area contributed by atoms with Gasteiger partial charge in [-0.25, -0.2) is 0 Å². The van der Waals surface area contributed by atoms with Gasteiger partial charge < -0.3 is 14.0 Å². The third-order valence-electron chi connectivity index (χ3n) is 3.67. The second-order valence-electron chi connectivity index (χ2n) is 5.54. The molecule has 7 nitrogen and oxygen atoms in total. The van der Waals surface area contributed by atoms with Gasteiger partial charge in [0.15, 0.2) is 0 Å². The van der Waals surface area contributed by atoms with Gasteiger partial charge in [0.05, 0.1) is 26.0 Å². The first-order valence-corrected chi connectivity index (χ1v) is 7.66. The lowest BCUT2D eigenvalue weighted by molar-refractivity contribution is -0.118. The Labute approximate surface area is 141 Å². The number of carbonyl (C=O) groups excluding carboxylic acids is 1. The summed E-state index contributed by atoms with van der Waals surface area (Å²) in [5.41, 5.74) is 1.62. The van der Waals surface area contributed by atoms with Crippen molar-refractivity contribution in [3.8, 4) is 11.5 Å². The topological polar surface area (TPSA) is 85.6 Å². The molecule has 1 aromatic heterocycles. The highest BCUT2D eigenvalue weighted by molar-refractivity contribution is 5.93. The Morgan fingerprint density at radius 2 is 1.96 bits per heavy atom. The number of rotatable bonds is 7. The zero-order valence-electron chi connectivity index (χ0n) is 14.5. The fourth-order valence-corrected chi connectivity index (χ4v) is 2.37. The Balaban J connectivity index is 2.05. The van der Waals surface area contributed by atoms with Crippen LogP contribution in [0.15, 0.2) is 28.8 Å². The molecule has 0 aliphatic carbocycles. The molecule has 1 amide bonds. The minimum absolute atomic E-state index is 0.118. The van der Waals surface area contributed by atoms with Gasteiger partial charge in [-0.1, -0.05) is 5.16 Å². The SMILES string of the molecule is COc1ccc(OC)c([C@@H](C)N[C@@H](C)C(=O)Nc2cc(C)no2)c1. The number of ether oxygens (including phenoxy) is 2. The highest BCUT2D eigenvalue weighted by Gasteiger charge is 2.20. The molecule has 0 aliphatic rings. The number of benzene rings is 1. The minimum atomic E-state index is -0.443. The summed E-state index contributed by atoms with van der Waals surface area (Å²) >= 11 is 0. The first kappa shape index (κ1) is 17.8. The molecule has 24 heavy (non-hydrogen) atoms. The molecule has 1 heterocycles. The molecule has 0 fully saturated rings. The van der Waals surface area contributed by atoms with Gasteiger partial charge >= 0.3 is 0 Å². The van der Waals surface area contributed by atoms with Crippen LogP contribution in [0.1, 0.15) is 31.1 Å². The fourth-order valence-electron chi connectivity index (χ4n) is 2.37. The molecule has 2 aromatic rings. The fraction of sp³-hybridized carbons (Fsp3) is 0.412. The number of carbonyl (C=O) groups is 1. The molecule has 0 saturated heterocycles. The van der Waals surface area contributed by atoms with Crippen LogP contribution in [0.5, 0.6) is 11.5 Å². The number of amides is 1. The summed E-state index contributed by atoms with van der Waals surface area (Å²) in [4.78, 5) is 12.2. The maximum Gasteiger partial charge on any atom is 0.243 e. The minimum Gasteiger partial charge on any atom is -0.497 e. The molecule has 1 aromatic carbocycles. The van der Waals surface area contributed by atoms with Crippen LogP contribution in [-0.4, -0.2) is 31.3 Å². The zero-order valence-corrected chi connectivity index (χ0v) is 14.5. The van der Waals surface area contributed by atoms with E-state index in [1.54, 1.807) is 34.1 Å². The van der Waals surface area contributed by atoms with Crippen molar-refractivity contribution >= 4 is 11.8 Å². The standard InChI is InChI=1S/C17H23N3O4/c1-10-8-16(24-20-10)19-17(21)12(3)18-11(2)14-9-13(22-4)6-7-15(14)23-5/h6-9,11-12,18H,1-5H3,(H,19,21)/t11-,12+/m1/s1. The first-order chi connectivity index (χ1) is 11.4. The number of methoxy groups -OCH3 is 2. The van der Waals surface area contributed by atoms with E-state index in [1.807, 2.05) is 25.1 Å². The van der Waals surface area contributed by atoms with Crippen LogP contribution >= 0.6 is 0 Å². The van der Waals surface area contributed by atoms with Crippen molar-refractivity contribution in [2.24, 2.45) is 0 Å². The van der Waals surface area contributed by atoms with Gasteiger partial charge in [-0.05, 0) is 39.0 Å². The van der Waals surface area contributed by atoms with E-state index in [2.05, 4.69) is 15.8 Å². The summed E-state index contributed by atoms with van der Waals surface area (Å²) in [6.07, 6.45) is 0. The van der Waals surface area contributed by atoms with Crippen LogP contribution in [-0.2, 0) is 4.79 Å². The third-order valence-corrected chi connectivity index (χ3v) is 3.67. The number of hydrogen-bond acceptors (Lipinski definition) is 6. The molecular weight excluding hydrogens is 310 g/mol. The van der Waals surface area contributed by atoms with Crippen molar-refractivity contribution in [1.29, 1.82) is 0 Å². The van der Waals surface area contributed by atoms with Gasteiger partial charge in [-0.15, -0.1) is 0 Å². The van der Waals surface area contributed by atoms with E-state index in [0.717, 1.165) is 17.1 Å². The molecule has 2 N–H and O–H groups in total. The lowest BCUT2D eigenvalue weighted by atomic mass is 10.1. The smallest absolute Gasteiger partial charge is 0.243 e. The molecule has 7 heteroatoms.